The molecule has 1 aromatic heterocycles. The van der Waals surface area contributed by atoms with Gasteiger partial charge in [-0.05, 0) is 50.6 Å². The van der Waals surface area contributed by atoms with Crippen LogP contribution in [0, 0.1) is 0 Å². The quantitative estimate of drug-likeness (QED) is 0.745. The van der Waals surface area contributed by atoms with Gasteiger partial charge in [0.25, 0.3) is 0 Å². The Morgan fingerprint density at radius 2 is 1.85 bits per heavy atom. The molecule has 0 saturated heterocycles. The molecule has 2 amide bonds. The number of carbonyl (C=O) groups excluding carboxylic acids is 2. The van der Waals surface area contributed by atoms with Crippen LogP contribution in [0.2, 0.25) is 5.02 Å². The number of amides is 2. The molecule has 2 aromatic rings. The van der Waals surface area contributed by atoms with Crippen LogP contribution in [0.25, 0.3) is 0 Å². The molecule has 26 heavy (non-hydrogen) atoms. The zero-order chi connectivity index (χ0) is 19.3. The number of hydrogen-bond acceptors (Lipinski definition) is 3. The number of nitrogens with zero attached hydrogens (tertiary/aromatic N) is 1. The van der Waals surface area contributed by atoms with Crippen molar-refractivity contribution in [1.82, 2.24) is 10.2 Å². The van der Waals surface area contributed by atoms with Gasteiger partial charge in [0.2, 0.25) is 11.8 Å². The summed E-state index contributed by atoms with van der Waals surface area (Å²) in [5, 5.41) is 3.48. The van der Waals surface area contributed by atoms with Gasteiger partial charge in [-0.25, -0.2) is 0 Å². The molecule has 0 aliphatic carbocycles. The lowest BCUT2D eigenvalue weighted by molar-refractivity contribution is -0.140. The Morgan fingerprint density at radius 1 is 1.19 bits per heavy atom. The maximum atomic E-state index is 13.0. The minimum atomic E-state index is -0.858. The van der Waals surface area contributed by atoms with E-state index >= 15 is 0 Å². The molecule has 1 atom stereocenters. The Balaban J connectivity index is 2.44. The predicted molar refractivity (Wildman–Crippen MR) is 102 cm³/mol. The number of hydrogen-bond donors (Lipinski definition) is 1. The Labute approximate surface area is 163 Å². The molecule has 7 heteroatoms. The van der Waals surface area contributed by atoms with E-state index in [0.717, 1.165) is 0 Å². The number of rotatable bonds is 6. The van der Waals surface area contributed by atoms with E-state index in [9.17, 15) is 9.59 Å². The molecule has 0 aliphatic rings. The van der Waals surface area contributed by atoms with Crippen molar-refractivity contribution in [1.29, 1.82) is 0 Å². The lowest BCUT2D eigenvalue weighted by atomic mass is 10.0. The van der Waals surface area contributed by atoms with Crippen molar-refractivity contribution in [2.75, 3.05) is 5.88 Å². The van der Waals surface area contributed by atoms with Gasteiger partial charge in [0.15, 0.2) is 0 Å². The summed E-state index contributed by atoms with van der Waals surface area (Å²) in [6.07, 6.45) is 1.52. The number of nitrogens with one attached hydrogen (secondary N) is 1. The molecule has 5 nitrogen and oxygen atoms in total. The first-order valence-corrected chi connectivity index (χ1v) is 9.08. The highest BCUT2D eigenvalue weighted by molar-refractivity contribution is 6.30. The summed E-state index contributed by atoms with van der Waals surface area (Å²) in [5.41, 5.74) is 0.184. The van der Waals surface area contributed by atoms with Crippen LogP contribution in [0.15, 0.2) is 47.1 Å². The van der Waals surface area contributed by atoms with E-state index in [-0.39, 0.29) is 24.2 Å². The minimum Gasteiger partial charge on any atom is -0.467 e. The molecule has 0 aliphatic heterocycles. The van der Waals surface area contributed by atoms with Gasteiger partial charge < -0.3 is 14.6 Å². The van der Waals surface area contributed by atoms with Crippen molar-refractivity contribution < 1.29 is 14.0 Å². The maximum Gasteiger partial charge on any atom is 0.247 e. The van der Waals surface area contributed by atoms with Crippen molar-refractivity contribution in [3.8, 4) is 0 Å². The van der Waals surface area contributed by atoms with Crippen molar-refractivity contribution in [3.05, 3.63) is 59.0 Å². The van der Waals surface area contributed by atoms with Crippen molar-refractivity contribution in [3.63, 3.8) is 0 Å². The van der Waals surface area contributed by atoms with Crippen LogP contribution in [-0.2, 0) is 16.1 Å². The van der Waals surface area contributed by atoms with E-state index in [2.05, 4.69) is 5.32 Å². The second-order valence-electron chi connectivity index (χ2n) is 6.93. The third kappa shape index (κ3) is 5.51. The first kappa shape index (κ1) is 20.3. The van der Waals surface area contributed by atoms with Crippen LogP contribution in [0.3, 0.4) is 0 Å². The van der Waals surface area contributed by atoms with Crippen molar-refractivity contribution in [2.45, 2.75) is 38.9 Å². The molecule has 2 rings (SSSR count). The standard InChI is InChI=1S/C19H22Cl2N2O3/c1-19(2,3)22-18(25)17(13-6-8-14(21)9-7-13)23(16(24)11-20)12-15-5-4-10-26-15/h4-10,17H,11-12H2,1-3H3,(H,22,25)/t17-/m1/s1. The molecule has 0 spiro atoms. The highest BCUT2D eigenvalue weighted by Gasteiger charge is 2.33. The van der Waals surface area contributed by atoms with E-state index in [0.29, 0.717) is 16.3 Å². The summed E-state index contributed by atoms with van der Waals surface area (Å²) in [5.74, 6) is -0.351. The van der Waals surface area contributed by atoms with E-state index in [1.165, 1.54) is 11.2 Å². The first-order valence-electron chi connectivity index (χ1n) is 8.16. The monoisotopic (exact) mass is 396 g/mol. The van der Waals surface area contributed by atoms with Crippen LogP contribution in [0.1, 0.15) is 38.1 Å². The van der Waals surface area contributed by atoms with Gasteiger partial charge >= 0.3 is 0 Å². The van der Waals surface area contributed by atoms with E-state index in [1.807, 2.05) is 20.8 Å². The number of furan rings is 1. The zero-order valence-electron chi connectivity index (χ0n) is 15.0. The maximum absolute atomic E-state index is 13.0. The molecule has 1 N–H and O–H groups in total. The largest absolute Gasteiger partial charge is 0.467 e. The van der Waals surface area contributed by atoms with Crippen LogP contribution < -0.4 is 5.32 Å². The smallest absolute Gasteiger partial charge is 0.247 e. The van der Waals surface area contributed by atoms with E-state index < -0.39 is 11.6 Å². The summed E-state index contributed by atoms with van der Waals surface area (Å²) >= 11 is 11.8. The first-order chi connectivity index (χ1) is 12.2. The molecule has 1 heterocycles. The van der Waals surface area contributed by atoms with Crippen molar-refractivity contribution in [2.24, 2.45) is 0 Å². The molecule has 140 valence electrons. The second-order valence-corrected chi connectivity index (χ2v) is 7.63. The van der Waals surface area contributed by atoms with Crippen LogP contribution in [0.5, 0.6) is 0 Å². The molecule has 0 bridgehead atoms. The van der Waals surface area contributed by atoms with Gasteiger partial charge in [0.1, 0.15) is 17.7 Å². The summed E-state index contributed by atoms with van der Waals surface area (Å²) in [6.45, 7) is 5.77. The van der Waals surface area contributed by atoms with Gasteiger partial charge in [0, 0.05) is 10.6 Å². The average molecular weight is 397 g/mol. The fourth-order valence-corrected chi connectivity index (χ4v) is 2.81. The Kier molecular flexibility index (Phi) is 6.73. The fourth-order valence-electron chi connectivity index (χ4n) is 2.53. The fraction of sp³-hybridized carbons (Fsp3) is 0.368. The second kappa shape index (κ2) is 8.60. The summed E-state index contributed by atoms with van der Waals surface area (Å²) in [6, 6.07) is 9.44. The van der Waals surface area contributed by atoms with Crippen LogP contribution in [-0.4, -0.2) is 28.1 Å². The topological polar surface area (TPSA) is 62.6 Å². The summed E-state index contributed by atoms with van der Waals surface area (Å²) < 4.78 is 5.35. The highest BCUT2D eigenvalue weighted by Crippen LogP contribution is 2.26. The van der Waals surface area contributed by atoms with Gasteiger partial charge in [-0.3, -0.25) is 9.59 Å². The molecule has 1 aromatic carbocycles. The lowest BCUT2D eigenvalue weighted by Gasteiger charge is -2.33. The van der Waals surface area contributed by atoms with Crippen molar-refractivity contribution >= 4 is 35.0 Å². The van der Waals surface area contributed by atoms with Gasteiger partial charge in [-0.1, -0.05) is 23.7 Å². The van der Waals surface area contributed by atoms with Gasteiger partial charge in [-0.2, -0.15) is 0 Å². The predicted octanol–water partition coefficient (Wildman–Crippen LogP) is 4.16. The third-order valence-electron chi connectivity index (χ3n) is 3.58. The number of benzene rings is 1. The summed E-state index contributed by atoms with van der Waals surface area (Å²) in [7, 11) is 0. The SMILES string of the molecule is CC(C)(C)NC(=O)[C@@H](c1ccc(Cl)cc1)N(Cc1ccco1)C(=O)CCl. The normalized spacial score (nSPS) is 12.5. The number of alkyl halides is 1. The Hall–Kier alpha value is -1.98. The molecular weight excluding hydrogens is 375 g/mol. The lowest BCUT2D eigenvalue weighted by Crippen LogP contribution is -2.49. The zero-order valence-corrected chi connectivity index (χ0v) is 16.5. The van der Waals surface area contributed by atoms with Gasteiger partial charge in [0.05, 0.1) is 12.8 Å². The number of carbonyl (C=O) groups is 2. The molecular formula is C19H22Cl2N2O3. The Bertz CT molecular complexity index is 737. The number of halogens is 2. The average Bonchev–Trinajstić information content (AvgIpc) is 3.06. The Morgan fingerprint density at radius 3 is 2.35 bits per heavy atom. The van der Waals surface area contributed by atoms with Crippen LogP contribution >= 0.6 is 23.2 Å². The third-order valence-corrected chi connectivity index (χ3v) is 4.07. The molecule has 0 fully saturated rings. The van der Waals surface area contributed by atoms with Gasteiger partial charge in [-0.15, -0.1) is 11.6 Å². The van der Waals surface area contributed by atoms with E-state index in [1.54, 1.807) is 36.4 Å². The molecule has 0 radical (unpaired) electrons. The highest BCUT2D eigenvalue weighted by atomic mass is 35.5. The van der Waals surface area contributed by atoms with Crippen LogP contribution in [0.4, 0.5) is 0 Å². The molecule has 0 unspecified atom stereocenters. The molecule has 0 saturated carbocycles. The minimum absolute atomic E-state index is 0.128. The summed E-state index contributed by atoms with van der Waals surface area (Å²) in [4.78, 5) is 27.0. The van der Waals surface area contributed by atoms with E-state index in [4.69, 9.17) is 27.6 Å².